The van der Waals surface area contributed by atoms with E-state index in [9.17, 15) is 38.7 Å². The van der Waals surface area contributed by atoms with E-state index in [2.05, 4.69) is 20.9 Å². The van der Waals surface area contributed by atoms with Gasteiger partial charge in [0, 0.05) is 25.5 Å². The molecule has 0 unspecified atom stereocenters. The van der Waals surface area contributed by atoms with Crippen LogP contribution in [0.2, 0.25) is 0 Å². The van der Waals surface area contributed by atoms with Crippen LogP contribution >= 0.6 is 0 Å². The standard InChI is InChI=1S/C30H42N6O8/c1-17(2)23(33-26(41)21(14-22(38)39)32-25(40)20-8-6-11-31-15-20)27(42)34-24(18(3)4)28(43)36-12-7-9-30(36)10-13-35(29(30)44)16-19(5)37/h6,8,11,15,17-18,21,23-24H,7,9-10,12-14,16H2,1-5H3,(H,32,40)(H,33,41)(H,34,42)(H,38,39)/t21-,23-,24-,30+/m0/s1. The summed E-state index contributed by atoms with van der Waals surface area (Å²) in [6.07, 6.45) is 3.45. The largest absolute Gasteiger partial charge is 0.481 e. The number of aliphatic carboxylic acids is 1. The molecule has 4 atom stereocenters. The molecule has 0 aromatic carbocycles. The molecule has 5 amide bonds. The van der Waals surface area contributed by atoms with Gasteiger partial charge in [0.1, 0.15) is 29.4 Å². The molecule has 2 aliphatic heterocycles. The zero-order valence-electron chi connectivity index (χ0n) is 25.8. The molecule has 0 saturated carbocycles. The fraction of sp³-hybridized carbons (Fsp3) is 0.600. The van der Waals surface area contributed by atoms with Gasteiger partial charge in [-0.3, -0.25) is 38.5 Å². The Balaban J connectivity index is 1.76. The number of ketones is 1. The average molecular weight is 615 g/mol. The molecule has 0 aliphatic carbocycles. The van der Waals surface area contributed by atoms with Gasteiger partial charge in [0.15, 0.2) is 0 Å². The zero-order valence-corrected chi connectivity index (χ0v) is 25.8. The quantitative estimate of drug-likeness (QED) is 0.239. The van der Waals surface area contributed by atoms with Gasteiger partial charge < -0.3 is 30.9 Å². The molecule has 240 valence electrons. The van der Waals surface area contributed by atoms with Crippen LogP contribution in [-0.2, 0) is 28.8 Å². The van der Waals surface area contributed by atoms with Crippen molar-refractivity contribution >= 4 is 41.3 Å². The van der Waals surface area contributed by atoms with Gasteiger partial charge in [0.25, 0.3) is 5.91 Å². The number of nitrogens with zero attached hydrogens (tertiary/aromatic N) is 3. The van der Waals surface area contributed by atoms with Crippen LogP contribution in [0.3, 0.4) is 0 Å². The topological polar surface area (TPSA) is 195 Å². The summed E-state index contributed by atoms with van der Waals surface area (Å²) in [6.45, 7) is 8.93. The summed E-state index contributed by atoms with van der Waals surface area (Å²) in [5.74, 6) is -5.30. The molecule has 1 aromatic rings. The van der Waals surface area contributed by atoms with Crippen LogP contribution in [0.4, 0.5) is 0 Å². The highest BCUT2D eigenvalue weighted by molar-refractivity contribution is 6.00. The molecule has 2 saturated heterocycles. The minimum absolute atomic E-state index is 0.0196. The Morgan fingerprint density at radius 2 is 1.61 bits per heavy atom. The SMILES string of the molecule is CC(=O)CN1CC[C@]2(CCCN2C(=O)[C@@H](NC(=O)[C@@H](NC(=O)[C@H](CC(=O)O)NC(=O)c2cccnc2)C(C)C)C(C)C)C1=O. The third-order valence-electron chi connectivity index (χ3n) is 8.05. The average Bonchev–Trinajstić information content (AvgIpc) is 3.52. The van der Waals surface area contributed by atoms with Crippen LogP contribution in [0.5, 0.6) is 0 Å². The highest BCUT2D eigenvalue weighted by Gasteiger charge is 2.56. The molecule has 0 radical (unpaired) electrons. The van der Waals surface area contributed by atoms with E-state index in [1.165, 1.54) is 41.2 Å². The van der Waals surface area contributed by atoms with Gasteiger partial charge in [-0.05, 0) is 50.2 Å². The van der Waals surface area contributed by atoms with E-state index in [-0.39, 0.29) is 29.7 Å². The van der Waals surface area contributed by atoms with Crippen molar-refractivity contribution in [3.05, 3.63) is 30.1 Å². The Kier molecular flexibility index (Phi) is 11.2. The third-order valence-corrected chi connectivity index (χ3v) is 8.05. The Labute approximate surface area is 256 Å². The second-order valence-corrected chi connectivity index (χ2v) is 12.1. The maximum atomic E-state index is 13.9. The Morgan fingerprint density at radius 1 is 0.955 bits per heavy atom. The Morgan fingerprint density at radius 3 is 2.18 bits per heavy atom. The highest BCUT2D eigenvalue weighted by atomic mass is 16.4. The summed E-state index contributed by atoms with van der Waals surface area (Å²) in [4.78, 5) is 96.8. The van der Waals surface area contributed by atoms with E-state index in [1.54, 1.807) is 27.7 Å². The first-order valence-corrected chi connectivity index (χ1v) is 14.8. The number of carboxylic acids is 1. The van der Waals surface area contributed by atoms with Gasteiger partial charge >= 0.3 is 5.97 Å². The molecule has 2 fully saturated rings. The van der Waals surface area contributed by atoms with E-state index in [0.29, 0.717) is 32.4 Å². The van der Waals surface area contributed by atoms with E-state index in [0.717, 1.165) is 0 Å². The van der Waals surface area contributed by atoms with Crippen molar-refractivity contribution in [1.29, 1.82) is 0 Å². The number of Topliss-reactive ketones (excluding diaryl/α,β-unsaturated/α-hetero) is 1. The number of amides is 5. The highest BCUT2D eigenvalue weighted by Crippen LogP contribution is 2.39. The first kappa shape index (κ1) is 34.1. The molecule has 2 aliphatic rings. The molecule has 1 aromatic heterocycles. The Bertz CT molecular complexity index is 1290. The summed E-state index contributed by atoms with van der Waals surface area (Å²) in [5.41, 5.74) is -0.941. The van der Waals surface area contributed by atoms with Crippen molar-refractivity contribution < 1.29 is 38.7 Å². The van der Waals surface area contributed by atoms with Gasteiger partial charge in [-0.1, -0.05) is 27.7 Å². The normalized spacial score (nSPS) is 20.0. The fourth-order valence-electron chi connectivity index (χ4n) is 5.76. The monoisotopic (exact) mass is 614 g/mol. The molecule has 3 rings (SSSR count). The van der Waals surface area contributed by atoms with Crippen LogP contribution in [0.15, 0.2) is 24.5 Å². The number of hydrogen-bond acceptors (Lipinski definition) is 8. The predicted molar refractivity (Wildman–Crippen MR) is 157 cm³/mol. The lowest BCUT2D eigenvalue weighted by Gasteiger charge is -2.37. The molecular formula is C30H42N6O8. The summed E-state index contributed by atoms with van der Waals surface area (Å²) >= 11 is 0. The van der Waals surface area contributed by atoms with Gasteiger partial charge in [0.05, 0.1) is 18.5 Å². The van der Waals surface area contributed by atoms with Crippen LogP contribution in [0.1, 0.15) is 70.7 Å². The third kappa shape index (κ3) is 7.77. The second-order valence-electron chi connectivity index (χ2n) is 12.1. The first-order chi connectivity index (χ1) is 20.7. The number of carboxylic acid groups (broad SMARTS) is 1. The number of carbonyl (C=O) groups is 7. The van der Waals surface area contributed by atoms with E-state index >= 15 is 0 Å². The van der Waals surface area contributed by atoms with Crippen LogP contribution in [0, 0.1) is 11.8 Å². The summed E-state index contributed by atoms with van der Waals surface area (Å²) < 4.78 is 0. The molecule has 14 heteroatoms. The maximum Gasteiger partial charge on any atom is 0.305 e. The van der Waals surface area contributed by atoms with E-state index in [4.69, 9.17) is 0 Å². The summed E-state index contributed by atoms with van der Waals surface area (Å²) in [5, 5.41) is 17.1. The van der Waals surface area contributed by atoms with Crippen LogP contribution in [0.25, 0.3) is 0 Å². The number of likely N-dealkylation sites (tertiary alicyclic amines) is 2. The molecule has 4 N–H and O–H groups in total. The summed E-state index contributed by atoms with van der Waals surface area (Å²) in [6, 6.07) is -0.717. The van der Waals surface area contributed by atoms with Gasteiger partial charge in [-0.15, -0.1) is 0 Å². The molecule has 3 heterocycles. The van der Waals surface area contributed by atoms with E-state index < -0.39 is 65.6 Å². The van der Waals surface area contributed by atoms with Crippen molar-refractivity contribution in [2.75, 3.05) is 19.6 Å². The van der Waals surface area contributed by atoms with Crippen molar-refractivity contribution in [3.63, 3.8) is 0 Å². The van der Waals surface area contributed by atoms with Gasteiger partial charge in [-0.25, -0.2) is 0 Å². The lowest BCUT2D eigenvalue weighted by molar-refractivity contribution is -0.149. The van der Waals surface area contributed by atoms with Crippen molar-refractivity contribution in [2.45, 2.75) is 84.0 Å². The Hall–Kier alpha value is -4.36. The van der Waals surface area contributed by atoms with Crippen molar-refractivity contribution in [1.82, 2.24) is 30.7 Å². The molecule has 0 bridgehead atoms. The van der Waals surface area contributed by atoms with Crippen molar-refractivity contribution in [3.8, 4) is 0 Å². The molecular weight excluding hydrogens is 572 g/mol. The maximum absolute atomic E-state index is 13.9. The number of aromatic nitrogens is 1. The smallest absolute Gasteiger partial charge is 0.305 e. The number of pyridine rings is 1. The number of hydrogen-bond donors (Lipinski definition) is 4. The minimum atomic E-state index is -1.49. The van der Waals surface area contributed by atoms with E-state index in [1.807, 2.05) is 0 Å². The summed E-state index contributed by atoms with van der Waals surface area (Å²) in [7, 11) is 0. The first-order valence-electron chi connectivity index (χ1n) is 14.8. The second kappa shape index (κ2) is 14.4. The fourth-order valence-corrected chi connectivity index (χ4v) is 5.76. The van der Waals surface area contributed by atoms with Gasteiger partial charge in [0.2, 0.25) is 23.6 Å². The molecule has 1 spiro atoms. The van der Waals surface area contributed by atoms with Crippen molar-refractivity contribution in [2.24, 2.45) is 11.8 Å². The molecule has 14 nitrogen and oxygen atoms in total. The minimum Gasteiger partial charge on any atom is -0.481 e. The zero-order chi connectivity index (χ0) is 32.8. The van der Waals surface area contributed by atoms with Crippen LogP contribution in [-0.4, -0.2) is 104 Å². The number of rotatable bonds is 13. The molecule has 44 heavy (non-hydrogen) atoms. The van der Waals surface area contributed by atoms with Crippen LogP contribution < -0.4 is 16.0 Å². The number of nitrogens with one attached hydrogen (secondary N) is 3. The lowest BCUT2D eigenvalue weighted by Crippen LogP contribution is -2.62. The van der Waals surface area contributed by atoms with Gasteiger partial charge in [-0.2, -0.15) is 0 Å². The lowest BCUT2D eigenvalue weighted by atomic mass is 9.92. The number of carbonyl (C=O) groups excluding carboxylic acids is 6. The predicted octanol–water partition coefficient (Wildman–Crippen LogP) is 0.119.